The molecule has 1 aromatic carbocycles. The van der Waals surface area contributed by atoms with Crippen LogP contribution in [0.2, 0.25) is 0 Å². The van der Waals surface area contributed by atoms with Gasteiger partial charge >= 0.3 is 0 Å². The summed E-state index contributed by atoms with van der Waals surface area (Å²) in [4.78, 5) is 20.5. The molecule has 2 N–H and O–H groups in total. The number of carbonyl (C=O) groups excluding carboxylic acids is 1. The van der Waals surface area contributed by atoms with Gasteiger partial charge in [0.15, 0.2) is 0 Å². The predicted molar refractivity (Wildman–Crippen MR) is 84.8 cm³/mol. The Kier molecular flexibility index (Phi) is 4.52. The molecule has 0 spiro atoms. The van der Waals surface area contributed by atoms with Crippen LogP contribution in [0.15, 0.2) is 30.6 Å². The van der Waals surface area contributed by atoms with Crippen LogP contribution >= 0.6 is 0 Å². The van der Waals surface area contributed by atoms with Gasteiger partial charge in [0, 0.05) is 12.7 Å². The molecule has 0 saturated heterocycles. The number of nitrogens with one attached hydrogen (secondary N) is 2. The van der Waals surface area contributed by atoms with Crippen molar-refractivity contribution in [1.82, 2.24) is 9.97 Å². The average molecular weight is 284 g/mol. The Morgan fingerprint density at radius 2 is 1.95 bits per heavy atom. The molecule has 0 bridgehead atoms. The average Bonchev–Trinajstić information content (AvgIpc) is 2.49. The topological polar surface area (TPSA) is 66.9 Å². The van der Waals surface area contributed by atoms with E-state index in [1.54, 1.807) is 7.05 Å². The van der Waals surface area contributed by atoms with E-state index < -0.39 is 0 Å². The number of rotatable bonds is 4. The SMILES string of the molecule is CNc1cnc(C(=O)Nc2c(C)cccc2C(C)C)cn1. The molecule has 0 aliphatic rings. The fourth-order valence-corrected chi connectivity index (χ4v) is 2.09. The van der Waals surface area contributed by atoms with Crippen molar-refractivity contribution in [3.05, 3.63) is 47.4 Å². The molecule has 2 aromatic rings. The maximum Gasteiger partial charge on any atom is 0.275 e. The van der Waals surface area contributed by atoms with Crippen molar-refractivity contribution in [2.45, 2.75) is 26.7 Å². The van der Waals surface area contributed by atoms with E-state index in [1.807, 2.05) is 25.1 Å². The van der Waals surface area contributed by atoms with Gasteiger partial charge in [-0.15, -0.1) is 0 Å². The normalized spacial score (nSPS) is 10.5. The molecule has 2 rings (SSSR count). The molecule has 110 valence electrons. The molecular formula is C16H20N4O. The maximum absolute atomic E-state index is 12.3. The van der Waals surface area contributed by atoms with Crippen molar-refractivity contribution in [3.63, 3.8) is 0 Å². The number of aryl methyl sites for hydroxylation is 1. The summed E-state index contributed by atoms with van der Waals surface area (Å²) < 4.78 is 0. The van der Waals surface area contributed by atoms with Crippen molar-refractivity contribution in [1.29, 1.82) is 0 Å². The molecule has 5 nitrogen and oxygen atoms in total. The van der Waals surface area contributed by atoms with Crippen LogP contribution in [-0.4, -0.2) is 22.9 Å². The summed E-state index contributed by atoms with van der Waals surface area (Å²) >= 11 is 0. The molecule has 1 heterocycles. The number of hydrogen-bond donors (Lipinski definition) is 2. The molecule has 0 aliphatic carbocycles. The Bertz CT molecular complexity index is 635. The summed E-state index contributed by atoms with van der Waals surface area (Å²) in [6.07, 6.45) is 3.00. The van der Waals surface area contributed by atoms with Crippen molar-refractivity contribution in [3.8, 4) is 0 Å². The van der Waals surface area contributed by atoms with Gasteiger partial charge in [0.1, 0.15) is 11.5 Å². The smallest absolute Gasteiger partial charge is 0.275 e. The van der Waals surface area contributed by atoms with Crippen LogP contribution in [0.4, 0.5) is 11.5 Å². The van der Waals surface area contributed by atoms with Gasteiger partial charge in [-0.2, -0.15) is 0 Å². The lowest BCUT2D eigenvalue weighted by Gasteiger charge is -2.16. The van der Waals surface area contributed by atoms with Crippen molar-refractivity contribution in [2.75, 3.05) is 17.7 Å². The Morgan fingerprint density at radius 1 is 1.19 bits per heavy atom. The molecule has 1 aromatic heterocycles. The van der Waals surface area contributed by atoms with Crippen LogP contribution in [0.3, 0.4) is 0 Å². The molecule has 5 heteroatoms. The third kappa shape index (κ3) is 3.37. The minimum Gasteiger partial charge on any atom is -0.372 e. The fraction of sp³-hybridized carbons (Fsp3) is 0.312. The number of amides is 1. The summed E-state index contributed by atoms with van der Waals surface area (Å²) in [5, 5.41) is 5.82. The number of hydrogen-bond acceptors (Lipinski definition) is 4. The van der Waals surface area contributed by atoms with E-state index in [1.165, 1.54) is 12.4 Å². The van der Waals surface area contributed by atoms with Crippen LogP contribution in [0.25, 0.3) is 0 Å². The third-order valence-corrected chi connectivity index (χ3v) is 3.31. The molecule has 0 radical (unpaired) electrons. The first-order valence-electron chi connectivity index (χ1n) is 6.93. The van der Waals surface area contributed by atoms with Gasteiger partial charge in [-0.1, -0.05) is 32.0 Å². The van der Waals surface area contributed by atoms with Gasteiger partial charge in [-0.25, -0.2) is 9.97 Å². The van der Waals surface area contributed by atoms with E-state index in [2.05, 4.69) is 34.4 Å². The Hall–Kier alpha value is -2.43. The van der Waals surface area contributed by atoms with E-state index in [4.69, 9.17) is 0 Å². The standard InChI is InChI=1S/C16H20N4O/c1-10(2)12-7-5-6-11(3)15(12)20-16(21)13-8-19-14(17-4)9-18-13/h5-10H,1-4H3,(H,17,19)(H,20,21). The van der Waals surface area contributed by atoms with Gasteiger partial charge in [-0.3, -0.25) is 4.79 Å². The van der Waals surface area contributed by atoms with Gasteiger partial charge in [0.2, 0.25) is 0 Å². The second-order valence-electron chi connectivity index (χ2n) is 5.18. The highest BCUT2D eigenvalue weighted by atomic mass is 16.1. The lowest BCUT2D eigenvalue weighted by atomic mass is 9.98. The van der Waals surface area contributed by atoms with Crippen LogP contribution in [0.1, 0.15) is 41.4 Å². The largest absolute Gasteiger partial charge is 0.372 e. The van der Waals surface area contributed by atoms with Crippen LogP contribution in [-0.2, 0) is 0 Å². The summed E-state index contributed by atoms with van der Waals surface area (Å²) in [6, 6.07) is 6.02. The summed E-state index contributed by atoms with van der Waals surface area (Å²) in [7, 11) is 1.76. The predicted octanol–water partition coefficient (Wildman–Crippen LogP) is 3.20. The molecule has 0 aliphatic heterocycles. The zero-order chi connectivity index (χ0) is 15.4. The zero-order valence-corrected chi connectivity index (χ0v) is 12.8. The molecule has 0 fully saturated rings. The van der Waals surface area contributed by atoms with Crippen molar-refractivity contribution >= 4 is 17.4 Å². The van der Waals surface area contributed by atoms with E-state index in [0.717, 1.165) is 16.8 Å². The van der Waals surface area contributed by atoms with Gasteiger partial charge in [0.25, 0.3) is 5.91 Å². The van der Waals surface area contributed by atoms with Gasteiger partial charge in [-0.05, 0) is 24.0 Å². The number of benzene rings is 1. The second-order valence-corrected chi connectivity index (χ2v) is 5.18. The molecule has 0 unspecified atom stereocenters. The lowest BCUT2D eigenvalue weighted by Crippen LogP contribution is -2.16. The minimum absolute atomic E-state index is 0.249. The first kappa shape index (κ1) is 15.0. The third-order valence-electron chi connectivity index (χ3n) is 3.31. The zero-order valence-electron chi connectivity index (χ0n) is 12.8. The number of para-hydroxylation sites is 1. The molecule has 0 atom stereocenters. The lowest BCUT2D eigenvalue weighted by molar-refractivity contribution is 0.102. The van der Waals surface area contributed by atoms with Crippen LogP contribution in [0.5, 0.6) is 0 Å². The van der Waals surface area contributed by atoms with Crippen molar-refractivity contribution < 1.29 is 4.79 Å². The number of carbonyl (C=O) groups is 1. The van der Waals surface area contributed by atoms with Crippen LogP contribution < -0.4 is 10.6 Å². The summed E-state index contributed by atoms with van der Waals surface area (Å²) in [5.74, 6) is 0.713. The van der Waals surface area contributed by atoms with Crippen molar-refractivity contribution in [2.24, 2.45) is 0 Å². The number of anilines is 2. The monoisotopic (exact) mass is 284 g/mol. The Morgan fingerprint density at radius 3 is 2.52 bits per heavy atom. The highest BCUT2D eigenvalue weighted by Gasteiger charge is 2.14. The Labute approximate surface area is 124 Å². The molecule has 21 heavy (non-hydrogen) atoms. The quantitative estimate of drug-likeness (QED) is 0.904. The maximum atomic E-state index is 12.3. The van der Waals surface area contributed by atoms with Gasteiger partial charge in [0.05, 0.1) is 12.4 Å². The molecule has 0 saturated carbocycles. The number of aromatic nitrogens is 2. The number of nitrogens with zero attached hydrogens (tertiary/aromatic N) is 2. The summed E-state index contributed by atoms with van der Waals surface area (Å²) in [5.41, 5.74) is 3.31. The van der Waals surface area contributed by atoms with E-state index in [0.29, 0.717) is 17.4 Å². The molecular weight excluding hydrogens is 264 g/mol. The second kappa shape index (κ2) is 6.35. The van der Waals surface area contributed by atoms with E-state index in [9.17, 15) is 4.79 Å². The highest BCUT2D eigenvalue weighted by Crippen LogP contribution is 2.27. The fourth-order valence-electron chi connectivity index (χ4n) is 2.09. The van der Waals surface area contributed by atoms with E-state index in [-0.39, 0.29) is 5.91 Å². The van der Waals surface area contributed by atoms with Crippen LogP contribution in [0, 0.1) is 6.92 Å². The highest BCUT2D eigenvalue weighted by molar-refractivity contribution is 6.03. The minimum atomic E-state index is -0.249. The Balaban J connectivity index is 2.26. The van der Waals surface area contributed by atoms with E-state index >= 15 is 0 Å². The first-order chi connectivity index (χ1) is 10.0. The first-order valence-corrected chi connectivity index (χ1v) is 6.93. The summed E-state index contributed by atoms with van der Waals surface area (Å²) in [6.45, 7) is 6.19. The molecule has 1 amide bonds. The van der Waals surface area contributed by atoms with Gasteiger partial charge < -0.3 is 10.6 Å².